The molecule has 1 aliphatic carbocycles. The number of halogens is 4. The summed E-state index contributed by atoms with van der Waals surface area (Å²) in [6, 6.07) is 14.9. The topological polar surface area (TPSA) is 119 Å². The van der Waals surface area contributed by atoms with Gasteiger partial charge in [-0.15, -0.1) is 0 Å². The van der Waals surface area contributed by atoms with Gasteiger partial charge in [-0.3, -0.25) is 18.8 Å². The highest BCUT2D eigenvalue weighted by Gasteiger charge is 2.23. The maximum absolute atomic E-state index is 15.0. The van der Waals surface area contributed by atoms with Crippen LogP contribution in [-0.2, 0) is 43.9 Å². The van der Waals surface area contributed by atoms with Crippen LogP contribution < -0.4 is 15.4 Å². The molecule has 0 fully saturated rings. The highest BCUT2D eigenvalue weighted by Crippen LogP contribution is 2.39. The summed E-state index contributed by atoms with van der Waals surface area (Å²) in [6.45, 7) is 5.17. The molecule has 0 spiro atoms. The number of aromatic nitrogens is 8. The van der Waals surface area contributed by atoms with Gasteiger partial charge in [-0.1, -0.05) is 39.8 Å². The number of benzene rings is 2. The van der Waals surface area contributed by atoms with Crippen LogP contribution in [-0.4, -0.2) is 45.3 Å². The number of imidazole rings is 2. The number of hydrogen-bond acceptors (Lipinski definition) is 11. The Balaban J connectivity index is 0.874. The van der Waals surface area contributed by atoms with Crippen molar-refractivity contribution in [3.63, 3.8) is 0 Å². The number of aryl methyl sites for hydroxylation is 3. The summed E-state index contributed by atoms with van der Waals surface area (Å²) in [5.41, 5.74) is 13.9. The molecule has 0 saturated heterocycles. The second kappa shape index (κ2) is 17.5. The maximum atomic E-state index is 15.0. The van der Waals surface area contributed by atoms with Crippen LogP contribution in [0.5, 0.6) is 5.75 Å². The molecule has 2 aliphatic rings. The first-order chi connectivity index (χ1) is 30.2. The lowest BCUT2D eigenvalue weighted by Crippen LogP contribution is -2.10. The lowest BCUT2D eigenvalue weighted by atomic mass is 10.0. The predicted octanol–water partition coefficient (Wildman–Crippen LogP) is 10.7. The Bertz CT molecular complexity index is 2850. The van der Waals surface area contributed by atoms with Gasteiger partial charge in [0, 0.05) is 93.7 Å². The molecule has 0 amide bonds. The first-order valence-electron chi connectivity index (χ1n) is 20.1. The van der Waals surface area contributed by atoms with Gasteiger partial charge in [-0.2, -0.15) is 0 Å². The van der Waals surface area contributed by atoms with E-state index < -0.39 is 0 Å². The number of nitrogens with zero attached hydrogens (tertiary/aromatic N) is 8. The van der Waals surface area contributed by atoms with Crippen LogP contribution in [0.1, 0.15) is 57.0 Å². The minimum absolute atomic E-state index is 0.186. The molecule has 0 radical (unpaired) electrons. The Morgan fingerprint density at radius 2 is 1.19 bits per heavy atom. The summed E-state index contributed by atoms with van der Waals surface area (Å²) in [6.07, 6.45) is 10.9. The molecular formula is C45H38F2I2N10OS2. The highest BCUT2D eigenvalue weighted by atomic mass is 127. The van der Waals surface area contributed by atoms with Crippen LogP contribution in [0.25, 0.3) is 33.3 Å². The Kier molecular flexibility index (Phi) is 11.7. The number of rotatable bonds is 13. The van der Waals surface area contributed by atoms with E-state index in [2.05, 4.69) is 77.9 Å². The van der Waals surface area contributed by atoms with Crippen molar-refractivity contribution in [3.05, 3.63) is 143 Å². The molecule has 0 saturated carbocycles. The average Bonchev–Trinajstić information content (AvgIpc) is 4.10. The third kappa shape index (κ3) is 7.86. The Morgan fingerprint density at radius 1 is 0.645 bits per heavy atom. The summed E-state index contributed by atoms with van der Waals surface area (Å²) < 4.78 is 41.2. The third-order valence-corrected chi connectivity index (χ3v) is 15.2. The Labute approximate surface area is 391 Å². The van der Waals surface area contributed by atoms with Crippen LogP contribution in [0.3, 0.4) is 0 Å². The number of ether oxygens (including phenoxy) is 1. The second-order valence-electron chi connectivity index (χ2n) is 15.2. The van der Waals surface area contributed by atoms with Crippen molar-refractivity contribution < 1.29 is 13.5 Å². The number of pyridine rings is 2. The van der Waals surface area contributed by atoms with E-state index in [1.165, 1.54) is 11.6 Å². The van der Waals surface area contributed by atoms with Gasteiger partial charge in [-0.05, 0) is 120 Å². The third-order valence-electron chi connectivity index (χ3n) is 11.5. The molecule has 0 atom stereocenters. The van der Waals surface area contributed by atoms with Crippen molar-refractivity contribution in [2.75, 3.05) is 17.2 Å². The Morgan fingerprint density at radius 3 is 1.77 bits per heavy atom. The quantitative estimate of drug-likeness (QED) is 0.0653. The van der Waals surface area contributed by atoms with Crippen molar-refractivity contribution in [1.29, 1.82) is 0 Å². The molecule has 2 N–H and O–H groups in total. The lowest BCUT2D eigenvalue weighted by molar-refractivity contribution is 0.356. The Hall–Kier alpha value is -4.60. The van der Waals surface area contributed by atoms with Crippen LogP contribution in [0.15, 0.2) is 73.6 Å². The smallest absolute Gasteiger partial charge is 0.209 e. The first-order valence-corrected chi connectivity index (χ1v) is 24.8. The van der Waals surface area contributed by atoms with Gasteiger partial charge in [-0.25, -0.2) is 28.7 Å². The molecule has 0 bridgehead atoms. The van der Waals surface area contributed by atoms with Gasteiger partial charge >= 0.3 is 0 Å². The van der Waals surface area contributed by atoms with Gasteiger partial charge in [0.1, 0.15) is 37.4 Å². The van der Waals surface area contributed by atoms with Crippen molar-refractivity contribution in [1.82, 2.24) is 38.7 Å². The van der Waals surface area contributed by atoms with E-state index >= 15 is 4.39 Å². The largest absolute Gasteiger partial charge is 0.493 e. The van der Waals surface area contributed by atoms with Crippen LogP contribution in [0, 0.1) is 32.9 Å². The standard InChI is InChI=1S/C45H38F2I2N10OS2/c1-24-6-9-28(33-18-52-44(58-22-54-42(48)40(33)58)50-16-31-27-5-3-4-26(27)8-11-35(31)46)37(56-24)20-61-62-21-38-29(10-7-25(2)57-38)34-19-53-45(59-23-55-43(49)41(34)59)51-17-32-30-14-15-60-39(30)13-12-36(32)47/h6-13,18-19,22-23H,3-5,14-17,20-21H2,1-2H3,(H,50,52)(H,51,53). The molecular weight excluding hydrogens is 1050 g/mol. The molecule has 10 rings (SSSR count). The molecule has 62 heavy (non-hydrogen) atoms. The molecule has 17 heteroatoms. The summed E-state index contributed by atoms with van der Waals surface area (Å²) in [4.78, 5) is 29.0. The first kappa shape index (κ1) is 41.4. The fourth-order valence-electron chi connectivity index (χ4n) is 8.48. The van der Waals surface area contributed by atoms with Crippen LogP contribution in [0.4, 0.5) is 20.7 Å². The molecule has 2 aromatic carbocycles. The molecule has 11 nitrogen and oxygen atoms in total. The summed E-state index contributed by atoms with van der Waals surface area (Å²) in [7, 11) is 3.44. The number of nitrogens with one attached hydrogen (secondary N) is 2. The second-order valence-corrected chi connectivity index (χ2v) is 19.7. The highest BCUT2D eigenvalue weighted by molar-refractivity contribution is 14.1. The van der Waals surface area contributed by atoms with Gasteiger partial charge in [0.2, 0.25) is 11.9 Å². The van der Waals surface area contributed by atoms with Crippen molar-refractivity contribution in [3.8, 4) is 28.0 Å². The van der Waals surface area contributed by atoms with Crippen LogP contribution >= 0.6 is 66.8 Å². The van der Waals surface area contributed by atoms with Crippen LogP contribution in [0.2, 0.25) is 0 Å². The fraction of sp³-hybridized carbons (Fsp3) is 0.244. The molecule has 8 aromatic rings. The van der Waals surface area contributed by atoms with Gasteiger partial charge in [0.15, 0.2) is 0 Å². The van der Waals surface area contributed by atoms with Gasteiger partial charge < -0.3 is 15.4 Å². The number of fused-ring (bicyclic) bond motifs is 4. The van der Waals surface area contributed by atoms with E-state index in [9.17, 15) is 4.39 Å². The zero-order valence-electron chi connectivity index (χ0n) is 33.6. The molecule has 314 valence electrons. The lowest BCUT2D eigenvalue weighted by Gasteiger charge is -2.16. The van der Waals surface area contributed by atoms with Crippen molar-refractivity contribution in [2.24, 2.45) is 0 Å². The molecule has 0 unspecified atom stereocenters. The van der Waals surface area contributed by atoms with E-state index in [0.717, 1.165) is 99.6 Å². The summed E-state index contributed by atoms with van der Waals surface area (Å²) >= 11 is 4.52. The van der Waals surface area contributed by atoms with Crippen molar-refractivity contribution >= 4 is 89.7 Å². The normalized spacial score (nSPS) is 13.2. The molecule has 6 aromatic heterocycles. The molecule has 1 aliphatic heterocycles. The zero-order valence-corrected chi connectivity index (χ0v) is 39.6. The van der Waals surface area contributed by atoms with E-state index in [0.29, 0.717) is 54.1 Å². The van der Waals surface area contributed by atoms with E-state index in [-0.39, 0.29) is 18.2 Å². The SMILES string of the molecule is Cc1ccc(-c2cnc(NCc3c(F)ccc4c3CCC4)n3cnc(I)c23)c(CSSCc2nc(C)ccc2-c2cnc(NCc3c(F)ccc4c3CCO4)n3cnc(I)c23)n1. The number of anilines is 2. The monoisotopic (exact) mass is 1090 g/mol. The predicted molar refractivity (Wildman–Crippen MR) is 259 cm³/mol. The van der Waals surface area contributed by atoms with E-state index in [4.69, 9.17) is 24.7 Å². The fourth-order valence-corrected chi connectivity index (χ4v) is 11.8. The minimum Gasteiger partial charge on any atom is -0.493 e. The molecule has 7 heterocycles. The summed E-state index contributed by atoms with van der Waals surface area (Å²) in [5.74, 6) is 2.74. The van der Waals surface area contributed by atoms with E-state index in [1.54, 1.807) is 46.4 Å². The van der Waals surface area contributed by atoms with Gasteiger partial charge in [0.25, 0.3) is 0 Å². The zero-order chi connectivity index (χ0) is 42.5. The average molecular weight is 1090 g/mol. The van der Waals surface area contributed by atoms with Crippen molar-refractivity contribution in [2.45, 2.75) is 64.1 Å². The number of hydrogen-bond donors (Lipinski definition) is 2. The summed E-state index contributed by atoms with van der Waals surface area (Å²) in [5, 5.41) is 6.78. The van der Waals surface area contributed by atoms with E-state index in [1.807, 2.05) is 53.2 Å². The maximum Gasteiger partial charge on any atom is 0.209 e. The van der Waals surface area contributed by atoms with Gasteiger partial charge in [0.05, 0.1) is 29.0 Å². The minimum atomic E-state index is -0.263.